The molecular formula is C11H13BrFNO. The fraction of sp³-hybridized carbons (Fsp3) is 0.364. The number of carbonyl (C=O) groups excluding carboxylic acids is 1. The van der Waals surface area contributed by atoms with Crippen LogP contribution in [0.5, 0.6) is 0 Å². The predicted molar refractivity (Wildman–Crippen MR) is 61.4 cm³/mol. The molecule has 1 N–H and O–H groups in total. The molecule has 1 rings (SSSR count). The normalized spacial score (nSPS) is 10.3. The van der Waals surface area contributed by atoms with Crippen LogP contribution in [0.3, 0.4) is 0 Å². The predicted octanol–water partition coefficient (Wildman–Crippen LogP) is 2.31. The Labute approximate surface area is 97.0 Å². The van der Waals surface area contributed by atoms with Gasteiger partial charge in [-0.2, -0.15) is 0 Å². The molecule has 1 aromatic carbocycles. The first-order valence-electron chi connectivity index (χ1n) is 4.73. The topological polar surface area (TPSA) is 29.1 Å². The zero-order chi connectivity index (χ0) is 11.3. The lowest BCUT2D eigenvalue weighted by Gasteiger charge is -2.03. The molecule has 0 bridgehead atoms. The molecule has 2 nitrogen and oxygen atoms in total. The molecule has 0 saturated carbocycles. The highest BCUT2D eigenvalue weighted by Gasteiger charge is 2.07. The average molecular weight is 274 g/mol. The van der Waals surface area contributed by atoms with Gasteiger partial charge in [-0.15, -0.1) is 0 Å². The molecule has 0 unspecified atom stereocenters. The van der Waals surface area contributed by atoms with Crippen molar-refractivity contribution in [3.63, 3.8) is 0 Å². The van der Waals surface area contributed by atoms with Gasteiger partial charge in [0.25, 0.3) is 0 Å². The van der Waals surface area contributed by atoms with Crippen LogP contribution in [-0.4, -0.2) is 19.4 Å². The fourth-order valence-electron chi connectivity index (χ4n) is 1.23. The molecule has 0 aliphatic carbocycles. The number of rotatable bonds is 5. The Morgan fingerprint density at radius 2 is 2.27 bits per heavy atom. The molecular weight excluding hydrogens is 261 g/mol. The third-order valence-corrected chi connectivity index (χ3v) is 2.79. The Morgan fingerprint density at radius 1 is 1.53 bits per heavy atom. The molecule has 0 aliphatic rings. The van der Waals surface area contributed by atoms with Crippen LogP contribution in [0.1, 0.15) is 12.0 Å². The van der Waals surface area contributed by atoms with Crippen molar-refractivity contribution in [1.82, 2.24) is 5.32 Å². The highest BCUT2D eigenvalue weighted by Crippen LogP contribution is 2.18. The summed E-state index contributed by atoms with van der Waals surface area (Å²) in [5.74, 6) is -0.148. The van der Waals surface area contributed by atoms with Crippen LogP contribution in [-0.2, 0) is 11.2 Å². The smallest absolute Gasteiger partial charge is 0.138 e. The van der Waals surface area contributed by atoms with E-state index >= 15 is 0 Å². The molecule has 82 valence electrons. The van der Waals surface area contributed by atoms with Gasteiger partial charge < -0.3 is 5.32 Å². The van der Waals surface area contributed by atoms with Crippen molar-refractivity contribution < 1.29 is 9.18 Å². The highest BCUT2D eigenvalue weighted by molar-refractivity contribution is 9.10. The molecule has 0 amide bonds. The largest absolute Gasteiger partial charge is 0.319 e. The number of hydrogen-bond acceptors (Lipinski definition) is 2. The summed E-state index contributed by atoms with van der Waals surface area (Å²) in [6, 6.07) is 4.38. The SMILES string of the molecule is CNCCC(=O)Cc1ccc(F)cc1Br. The van der Waals surface area contributed by atoms with Crippen molar-refractivity contribution in [2.24, 2.45) is 0 Å². The molecule has 15 heavy (non-hydrogen) atoms. The van der Waals surface area contributed by atoms with Crippen LogP contribution in [0.25, 0.3) is 0 Å². The van der Waals surface area contributed by atoms with Gasteiger partial charge in [0.15, 0.2) is 0 Å². The van der Waals surface area contributed by atoms with E-state index < -0.39 is 0 Å². The van der Waals surface area contributed by atoms with Crippen LogP contribution in [0.4, 0.5) is 4.39 Å². The molecule has 0 saturated heterocycles. The van der Waals surface area contributed by atoms with E-state index in [1.54, 1.807) is 13.1 Å². The van der Waals surface area contributed by atoms with E-state index in [2.05, 4.69) is 21.2 Å². The van der Waals surface area contributed by atoms with Gasteiger partial charge in [0.05, 0.1) is 0 Å². The Kier molecular flexibility index (Phi) is 4.91. The lowest BCUT2D eigenvalue weighted by Crippen LogP contribution is -2.14. The van der Waals surface area contributed by atoms with Gasteiger partial charge in [-0.25, -0.2) is 4.39 Å². The van der Waals surface area contributed by atoms with Crippen molar-refractivity contribution >= 4 is 21.7 Å². The first kappa shape index (κ1) is 12.3. The first-order valence-corrected chi connectivity index (χ1v) is 5.53. The van der Waals surface area contributed by atoms with Crippen molar-refractivity contribution in [2.45, 2.75) is 12.8 Å². The number of halogens is 2. The summed E-state index contributed by atoms with van der Waals surface area (Å²) in [6.45, 7) is 0.678. The van der Waals surface area contributed by atoms with Crippen LogP contribution >= 0.6 is 15.9 Å². The Hall–Kier alpha value is -0.740. The second-order valence-electron chi connectivity index (χ2n) is 3.30. The molecule has 0 aliphatic heterocycles. The van der Waals surface area contributed by atoms with E-state index in [1.165, 1.54) is 12.1 Å². The third-order valence-electron chi connectivity index (χ3n) is 2.06. The standard InChI is InChI=1S/C11H13BrFNO/c1-14-5-4-10(15)6-8-2-3-9(13)7-11(8)12/h2-3,7,14H,4-6H2,1H3. The van der Waals surface area contributed by atoms with Gasteiger partial charge in [0.2, 0.25) is 0 Å². The molecule has 0 fully saturated rings. The lowest BCUT2D eigenvalue weighted by molar-refractivity contribution is -0.118. The minimum absolute atomic E-state index is 0.150. The monoisotopic (exact) mass is 273 g/mol. The van der Waals surface area contributed by atoms with Gasteiger partial charge in [0.1, 0.15) is 11.6 Å². The summed E-state index contributed by atoms with van der Waals surface area (Å²) in [5, 5.41) is 2.92. The summed E-state index contributed by atoms with van der Waals surface area (Å²) < 4.78 is 13.4. The quantitative estimate of drug-likeness (QED) is 0.892. The van der Waals surface area contributed by atoms with E-state index in [1.807, 2.05) is 0 Å². The van der Waals surface area contributed by atoms with Gasteiger partial charge >= 0.3 is 0 Å². The van der Waals surface area contributed by atoms with Crippen LogP contribution in [0, 0.1) is 5.82 Å². The third kappa shape index (κ3) is 4.10. The fourth-order valence-corrected chi connectivity index (χ4v) is 1.72. The highest BCUT2D eigenvalue weighted by atomic mass is 79.9. The van der Waals surface area contributed by atoms with Crippen molar-refractivity contribution in [2.75, 3.05) is 13.6 Å². The van der Waals surface area contributed by atoms with Gasteiger partial charge in [-0.1, -0.05) is 22.0 Å². The molecule has 0 atom stereocenters. The van der Waals surface area contributed by atoms with Crippen molar-refractivity contribution in [1.29, 1.82) is 0 Å². The minimum atomic E-state index is -0.298. The molecule has 0 spiro atoms. The van der Waals surface area contributed by atoms with Crippen molar-refractivity contribution in [3.8, 4) is 0 Å². The van der Waals surface area contributed by atoms with E-state index in [-0.39, 0.29) is 11.6 Å². The average Bonchev–Trinajstić information content (AvgIpc) is 2.19. The second-order valence-corrected chi connectivity index (χ2v) is 4.16. The second kappa shape index (κ2) is 5.98. The molecule has 0 radical (unpaired) electrons. The van der Waals surface area contributed by atoms with Crippen molar-refractivity contribution in [3.05, 3.63) is 34.1 Å². The molecule has 0 heterocycles. The number of hydrogen-bond donors (Lipinski definition) is 1. The molecule has 1 aromatic rings. The molecule has 0 aromatic heterocycles. The summed E-state index contributed by atoms with van der Waals surface area (Å²) in [6.07, 6.45) is 0.850. The summed E-state index contributed by atoms with van der Waals surface area (Å²) in [4.78, 5) is 11.5. The summed E-state index contributed by atoms with van der Waals surface area (Å²) in [7, 11) is 1.81. The lowest BCUT2D eigenvalue weighted by atomic mass is 10.1. The Balaban J connectivity index is 2.60. The number of benzene rings is 1. The summed E-state index contributed by atoms with van der Waals surface area (Å²) in [5.41, 5.74) is 0.831. The maximum absolute atomic E-state index is 12.8. The zero-order valence-corrected chi connectivity index (χ0v) is 10.1. The Morgan fingerprint density at radius 3 is 2.87 bits per heavy atom. The number of Topliss-reactive ketones (excluding diaryl/α,β-unsaturated/α-hetero) is 1. The minimum Gasteiger partial charge on any atom is -0.319 e. The number of nitrogens with one attached hydrogen (secondary N) is 1. The van der Waals surface area contributed by atoms with Gasteiger partial charge in [-0.3, -0.25) is 4.79 Å². The van der Waals surface area contributed by atoms with E-state index in [9.17, 15) is 9.18 Å². The van der Waals surface area contributed by atoms with Crippen LogP contribution < -0.4 is 5.32 Å². The van der Waals surface area contributed by atoms with Gasteiger partial charge in [-0.05, 0) is 24.7 Å². The Bertz CT molecular complexity index is 354. The maximum atomic E-state index is 12.8. The van der Waals surface area contributed by atoms with E-state index in [0.717, 1.165) is 5.56 Å². The number of carbonyl (C=O) groups is 1. The molecule has 4 heteroatoms. The maximum Gasteiger partial charge on any atom is 0.138 e. The van der Waals surface area contributed by atoms with E-state index in [0.29, 0.717) is 23.9 Å². The van der Waals surface area contributed by atoms with Crippen LogP contribution in [0.15, 0.2) is 22.7 Å². The summed E-state index contributed by atoms with van der Waals surface area (Å²) >= 11 is 3.24. The van der Waals surface area contributed by atoms with E-state index in [4.69, 9.17) is 0 Å². The number of ketones is 1. The van der Waals surface area contributed by atoms with Crippen LogP contribution in [0.2, 0.25) is 0 Å². The first-order chi connectivity index (χ1) is 7.13. The van der Waals surface area contributed by atoms with Gasteiger partial charge in [0, 0.05) is 23.9 Å². The zero-order valence-electron chi connectivity index (χ0n) is 8.52.